The first kappa shape index (κ1) is 9.39. The van der Waals surface area contributed by atoms with Gasteiger partial charge < -0.3 is 10.1 Å². The number of hydrogen-bond acceptors (Lipinski definition) is 3. The number of nitrogens with zero attached hydrogens (tertiary/aromatic N) is 2. The fraction of sp³-hybridized carbons (Fsp3) is 0.625. The average molecular weight is 203 g/mol. The van der Waals surface area contributed by atoms with Gasteiger partial charge in [0.1, 0.15) is 6.10 Å². The van der Waals surface area contributed by atoms with Crippen LogP contribution in [0.2, 0.25) is 0 Å². The summed E-state index contributed by atoms with van der Waals surface area (Å²) in [5, 5.41) is 6.64. The molecule has 1 aromatic rings. The Morgan fingerprint density at radius 2 is 2.36 bits per heavy atom. The van der Waals surface area contributed by atoms with Crippen molar-refractivity contribution in [2.24, 2.45) is 7.05 Å². The summed E-state index contributed by atoms with van der Waals surface area (Å²) in [5.74, 6) is 0.189. The van der Waals surface area contributed by atoms with Gasteiger partial charge in [-0.1, -0.05) is 0 Å². The topological polar surface area (TPSA) is 39.1 Å². The van der Waals surface area contributed by atoms with Crippen molar-refractivity contribution in [3.63, 3.8) is 0 Å². The molecule has 0 atom stereocenters. The van der Waals surface area contributed by atoms with Gasteiger partial charge in [-0.25, -0.2) is 8.78 Å². The van der Waals surface area contributed by atoms with Crippen molar-refractivity contribution < 1.29 is 13.5 Å². The first-order valence-corrected chi connectivity index (χ1v) is 4.36. The van der Waals surface area contributed by atoms with Crippen LogP contribution in [0.5, 0.6) is 5.75 Å². The molecule has 1 aromatic heterocycles. The van der Waals surface area contributed by atoms with Crippen LogP contribution in [0.15, 0.2) is 6.20 Å². The van der Waals surface area contributed by atoms with Gasteiger partial charge in [0, 0.05) is 20.1 Å². The van der Waals surface area contributed by atoms with E-state index in [1.54, 1.807) is 7.05 Å². The molecule has 2 heterocycles. The summed E-state index contributed by atoms with van der Waals surface area (Å²) in [7, 11) is 1.60. The van der Waals surface area contributed by atoms with Crippen LogP contribution >= 0.6 is 0 Å². The predicted molar refractivity (Wildman–Crippen MR) is 45.5 cm³/mol. The molecule has 0 aliphatic carbocycles. The summed E-state index contributed by atoms with van der Waals surface area (Å²) in [5.41, 5.74) is -0.278. The number of rotatable bonds is 3. The molecule has 0 amide bonds. The minimum absolute atomic E-state index is 0.00306. The summed E-state index contributed by atoms with van der Waals surface area (Å²) >= 11 is 0. The average Bonchev–Trinajstić information content (AvgIpc) is 2.39. The van der Waals surface area contributed by atoms with E-state index in [0.717, 1.165) is 0 Å². The summed E-state index contributed by atoms with van der Waals surface area (Å²) in [4.78, 5) is 0. The molecule has 1 N–H and O–H groups in total. The molecule has 1 aliphatic heterocycles. The molecule has 6 heteroatoms. The van der Waals surface area contributed by atoms with E-state index in [1.807, 2.05) is 0 Å². The number of halogens is 2. The van der Waals surface area contributed by atoms with E-state index in [9.17, 15) is 8.78 Å². The van der Waals surface area contributed by atoms with E-state index in [4.69, 9.17) is 4.74 Å². The van der Waals surface area contributed by atoms with Crippen LogP contribution in [0.1, 0.15) is 12.1 Å². The minimum Gasteiger partial charge on any atom is -0.484 e. The molecular weight excluding hydrogens is 192 g/mol. The fourth-order valence-corrected chi connectivity index (χ4v) is 1.25. The Morgan fingerprint density at radius 3 is 2.86 bits per heavy atom. The molecule has 2 rings (SSSR count). The van der Waals surface area contributed by atoms with Crippen LogP contribution in [0.4, 0.5) is 8.78 Å². The molecule has 0 unspecified atom stereocenters. The maximum absolute atomic E-state index is 12.4. The number of aromatic nitrogens is 2. The summed E-state index contributed by atoms with van der Waals surface area (Å²) in [6.07, 6.45) is -1.12. The first-order chi connectivity index (χ1) is 6.66. The van der Waals surface area contributed by atoms with Crippen molar-refractivity contribution in [1.29, 1.82) is 0 Å². The zero-order valence-electron chi connectivity index (χ0n) is 7.70. The Bertz CT molecular complexity index is 322. The van der Waals surface area contributed by atoms with Crippen LogP contribution in [0, 0.1) is 0 Å². The molecule has 0 spiro atoms. The lowest BCUT2D eigenvalue weighted by Crippen LogP contribution is -2.50. The van der Waals surface area contributed by atoms with E-state index < -0.39 is 6.43 Å². The number of hydrogen-bond donors (Lipinski definition) is 1. The van der Waals surface area contributed by atoms with Crippen molar-refractivity contribution in [1.82, 2.24) is 15.1 Å². The summed E-state index contributed by atoms with van der Waals surface area (Å²) in [6.45, 7) is 1.41. The number of alkyl halides is 2. The molecule has 1 aliphatic rings. The quantitative estimate of drug-likeness (QED) is 0.786. The Kier molecular flexibility index (Phi) is 2.37. The Labute approximate surface area is 79.9 Å². The van der Waals surface area contributed by atoms with Crippen molar-refractivity contribution in [3.05, 3.63) is 11.9 Å². The van der Waals surface area contributed by atoms with E-state index in [1.165, 1.54) is 10.9 Å². The van der Waals surface area contributed by atoms with Crippen molar-refractivity contribution in [2.45, 2.75) is 12.5 Å². The molecule has 14 heavy (non-hydrogen) atoms. The van der Waals surface area contributed by atoms with Crippen LogP contribution in [0.3, 0.4) is 0 Å². The van der Waals surface area contributed by atoms with E-state index in [-0.39, 0.29) is 17.5 Å². The highest BCUT2D eigenvalue weighted by atomic mass is 19.3. The second kappa shape index (κ2) is 3.53. The van der Waals surface area contributed by atoms with Gasteiger partial charge >= 0.3 is 0 Å². The molecular formula is C8H11F2N3O. The Hall–Kier alpha value is -1.17. The van der Waals surface area contributed by atoms with Gasteiger partial charge in [0.15, 0.2) is 11.4 Å². The molecule has 1 fully saturated rings. The minimum atomic E-state index is -2.58. The van der Waals surface area contributed by atoms with Crippen LogP contribution < -0.4 is 10.1 Å². The van der Waals surface area contributed by atoms with Gasteiger partial charge in [0.05, 0.1) is 6.20 Å². The number of nitrogens with one attached hydrogen (secondary N) is 1. The van der Waals surface area contributed by atoms with E-state index in [0.29, 0.717) is 13.1 Å². The Balaban J connectivity index is 2.13. The molecule has 0 radical (unpaired) electrons. The first-order valence-electron chi connectivity index (χ1n) is 4.36. The molecule has 4 nitrogen and oxygen atoms in total. The lowest BCUT2D eigenvalue weighted by Gasteiger charge is -2.27. The van der Waals surface area contributed by atoms with Gasteiger partial charge in [-0.05, 0) is 0 Å². The number of aryl methyl sites for hydroxylation is 1. The maximum atomic E-state index is 12.4. The highest BCUT2D eigenvalue weighted by Gasteiger charge is 2.24. The third kappa shape index (κ3) is 1.70. The third-order valence-electron chi connectivity index (χ3n) is 2.07. The maximum Gasteiger partial charge on any atom is 0.285 e. The smallest absolute Gasteiger partial charge is 0.285 e. The predicted octanol–water partition coefficient (Wildman–Crippen LogP) is 0.708. The fourth-order valence-electron chi connectivity index (χ4n) is 1.25. The van der Waals surface area contributed by atoms with Gasteiger partial charge in [0.2, 0.25) is 0 Å². The monoisotopic (exact) mass is 203 g/mol. The number of ether oxygens (including phenoxy) is 1. The van der Waals surface area contributed by atoms with Crippen molar-refractivity contribution in [2.75, 3.05) is 13.1 Å². The highest BCUT2D eigenvalue weighted by molar-refractivity contribution is 5.26. The largest absolute Gasteiger partial charge is 0.484 e. The second-order valence-corrected chi connectivity index (χ2v) is 3.25. The highest BCUT2D eigenvalue weighted by Crippen LogP contribution is 2.28. The van der Waals surface area contributed by atoms with Gasteiger partial charge in [0.25, 0.3) is 6.43 Å². The lowest BCUT2D eigenvalue weighted by molar-refractivity contribution is 0.116. The third-order valence-corrected chi connectivity index (χ3v) is 2.07. The zero-order valence-corrected chi connectivity index (χ0v) is 7.70. The summed E-state index contributed by atoms with van der Waals surface area (Å²) in [6, 6.07) is 0. The van der Waals surface area contributed by atoms with Crippen LogP contribution in [0.25, 0.3) is 0 Å². The van der Waals surface area contributed by atoms with Crippen molar-refractivity contribution >= 4 is 0 Å². The van der Waals surface area contributed by atoms with Gasteiger partial charge in [-0.3, -0.25) is 4.68 Å². The van der Waals surface area contributed by atoms with Crippen LogP contribution in [-0.2, 0) is 7.05 Å². The van der Waals surface area contributed by atoms with Crippen molar-refractivity contribution in [3.8, 4) is 5.75 Å². The molecule has 0 bridgehead atoms. The zero-order chi connectivity index (χ0) is 10.1. The lowest BCUT2D eigenvalue weighted by atomic mass is 10.2. The molecule has 78 valence electrons. The SMILES string of the molecule is Cn1cc(OC2CNC2)c(C(F)F)n1. The molecule has 0 aromatic carbocycles. The van der Waals surface area contributed by atoms with Gasteiger partial charge in [-0.2, -0.15) is 5.10 Å². The molecule has 1 saturated heterocycles. The van der Waals surface area contributed by atoms with Gasteiger partial charge in [-0.15, -0.1) is 0 Å². The normalized spacial score (nSPS) is 17.1. The standard InChI is InChI=1S/C8H11F2N3O/c1-13-4-6(7(12-13)8(9)10)14-5-2-11-3-5/h4-5,8,11H,2-3H2,1H3. The van der Waals surface area contributed by atoms with E-state index >= 15 is 0 Å². The summed E-state index contributed by atoms with van der Waals surface area (Å²) < 4.78 is 31.6. The van der Waals surface area contributed by atoms with Crippen LogP contribution in [-0.4, -0.2) is 29.0 Å². The van der Waals surface area contributed by atoms with E-state index in [2.05, 4.69) is 10.4 Å². The Morgan fingerprint density at radius 1 is 1.64 bits per heavy atom. The molecule has 0 saturated carbocycles. The second-order valence-electron chi connectivity index (χ2n) is 3.25.